The number of methoxy groups -OCH3 is 1. The Morgan fingerprint density at radius 2 is 2.00 bits per heavy atom. The highest BCUT2D eigenvalue weighted by Crippen LogP contribution is 2.23. The molecule has 0 aromatic rings. The second kappa shape index (κ2) is 5.83. The van der Waals surface area contributed by atoms with Gasteiger partial charge in [-0.15, -0.1) is 0 Å². The zero-order chi connectivity index (χ0) is 12.3. The van der Waals surface area contributed by atoms with Crippen LogP contribution in [0.25, 0.3) is 0 Å². The minimum Gasteiger partial charge on any atom is -0.380 e. The molecule has 98 valence electrons. The third-order valence-corrected chi connectivity index (χ3v) is 4.10. The Labute approximate surface area is 103 Å². The fraction of sp³-hybridized carbons (Fsp3) is 0.923. The molecule has 4 heteroatoms. The molecular weight excluding hydrogens is 216 g/mol. The van der Waals surface area contributed by atoms with Crippen molar-refractivity contribution in [3.8, 4) is 0 Å². The van der Waals surface area contributed by atoms with E-state index in [1.807, 2.05) is 0 Å². The first-order valence-electron chi connectivity index (χ1n) is 6.75. The Morgan fingerprint density at radius 3 is 2.59 bits per heavy atom. The molecule has 0 aromatic heterocycles. The summed E-state index contributed by atoms with van der Waals surface area (Å²) in [7, 11) is 1.70. The van der Waals surface area contributed by atoms with E-state index in [4.69, 9.17) is 4.74 Å². The van der Waals surface area contributed by atoms with Crippen LogP contribution in [0.5, 0.6) is 0 Å². The van der Waals surface area contributed by atoms with Crippen molar-refractivity contribution < 1.29 is 9.53 Å². The summed E-state index contributed by atoms with van der Waals surface area (Å²) >= 11 is 0. The summed E-state index contributed by atoms with van der Waals surface area (Å²) in [5.74, 6) is 0.981. The van der Waals surface area contributed by atoms with Crippen molar-refractivity contribution in [1.82, 2.24) is 10.6 Å². The molecule has 2 rings (SSSR count). The lowest BCUT2D eigenvalue weighted by Crippen LogP contribution is -2.46. The highest BCUT2D eigenvalue weighted by Gasteiger charge is 2.30. The standard InChI is InChI=1S/C13H24N2O2/c1-9-3-5-10(6-4-9)15-13(16)12-7-11(17-2)8-14-12/h9-12,14H,3-8H2,1-2H3,(H,15,16). The van der Waals surface area contributed by atoms with Crippen molar-refractivity contribution in [3.05, 3.63) is 0 Å². The number of carbonyl (C=O) groups excluding carboxylic acids is 1. The van der Waals surface area contributed by atoms with Crippen molar-refractivity contribution in [3.63, 3.8) is 0 Å². The summed E-state index contributed by atoms with van der Waals surface area (Å²) in [6, 6.07) is 0.335. The number of hydrogen-bond donors (Lipinski definition) is 2. The smallest absolute Gasteiger partial charge is 0.237 e. The molecule has 0 aromatic carbocycles. The number of ether oxygens (including phenoxy) is 1. The van der Waals surface area contributed by atoms with Crippen LogP contribution in [0.1, 0.15) is 39.0 Å². The van der Waals surface area contributed by atoms with Crippen LogP contribution in [0.4, 0.5) is 0 Å². The van der Waals surface area contributed by atoms with Gasteiger partial charge in [-0.3, -0.25) is 4.79 Å². The lowest BCUT2D eigenvalue weighted by Gasteiger charge is -2.27. The summed E-state index contributed by atoms with van der Waals surface area (Å²) < 4.78 is 5.25. The summed E-state index contributed by atoms with van der Waals surface area (Å²) in [6.07, 6.45) is 5.73. The molecule has 1 aliphatic carbocycles. The second-order valence-corrected chi connectivity index (χ2v) is 5.52. The molecule has 0 radical (unpaired) electrons. The molecule has 1 saturated carbocycles. The Morgan fingerprint density at radius 1 is 1.29 bits per heavy atom. The van der Waals surface area contributed by atoms with E-state index in [2.05, 4.69) is 17.6 Å². The van der Waals surface area contributed by atoms with Crippen LogP contribution in [0.3, 0.4) is 0 Å². The molecule has 17 heavy (non-hydrogen) atoms. The van der Waals surface area contributed by atoms with Crippen LogP contribution in [-0.4, -0.2) is 37.7 Å². The normalized spacial score (nSPS) is 38.0. The third kappa shape index (κ3) is 3.42. The molecule has 2 unspecified atom stereocenters. The van der Waals surface area contributed by atoms with E-state index in [0.29, 0.717) is 6.04 Å². The van der Waals surface area contributed by atoms with Crippen molar-refractivity contribution in [1.29, 1.82) is 0 Å². The maximum Gasteiger partial charge on any atom is 0.237 e. The molecule has 2 N–H and O–H groups in total. The molecule has 1 aliphatic heterocycles. The van der Waals surface area contributed by atoms with Crippen LogP contribution in [0.15, 0.2) is 0 Å². The predicted molar refractivity (Wildman–Crippen MR) is 66.8 cm³/mol. The minimum atomic E-state index is -0.0562. The van der Waals surface area contributed by atoms with Gasteiger partial charge in [0.25, 0.3) is 0 Å². The highest BCUT2D eigenvalue weighted by atomic mass is 16.5. The van der Waals surface area contributed by atoms with Gasteiger partial charge in [-0.1, -0.05) is 6.92 Å². The summed E-state index contributed by atoms with van der Waals surface area (Å²) in [5, 5.41) is 6.39. The monoisotopic (exact) mass is 240 g/mol. The van der Waals surface area contributed by atoms with E-state index in [1.54, 1.807) is 7.11 Å². The average molecular weight is 240 g/mol. The van der Waals surface area contributed by atoms with E-state index in [9.17, 15) is 4.79 Å². The SMILES string of the molecule is COC1CNC(C(=O)NC2CCC(C)CC2)C1. The quantitative estimate of drug-likeness (QED) is 0.775. The molecule has 2 aliphatic rings. The lowest BCUT2D eigenvalue weighted by atomic mass is 9.87. The Balaban J connectivity index is 1.74. The van der Waals surface area contributed by atoms with E-state index >= 15 is 0 Å². The second-order valence-electron chi connectivity index (χ2n) is 5.52. The first kappa shape index (κ1) is 12.8. The Bertz CT molecular complexity index is 262. The fourth-order valence-corrected chi connectivity index (χ4v) is 2.79. The third-order valence-electron chi connectivity index (χ3n) is 4.10. The van der Waals surface area contributed by atoms with E-state index < -0.39 is 0 Å². The Kier molecular flexibility index (Phi) is 4.40. The van der Waals surface area contributed by atoms with Gasteiger partial charge in [0.2, 0.25) is 5.91 Å². The van der Waals surface area contributed by atoms with Crippen LogP contribution >= 0.6 is 0 Å². The number of nitrogens with one attached hydrogen (secondary N) is 2. The summed E-state index contributed by atoms with van der Waals surface area (Å²) in [4.78, 5) is 12.0. The molecule has 0 spiro atoms. The van der Waals surface area contributed by atoms with Crippen molar-refractivity contribution in [2.24, 2.45) is 5.92 Å². The number of carbonyl (C=O) groups is 1. The number of rotatable bonds is 3. The van der Waals surface area contributed by atoms with Gasteiger partial charge in [0, 0.05) is 19.7 Å². The zero-order valence-corrected chi connectivity index (χ0v) is 10.9. The van der Waals surface area contributed by atoms with Gasteiger partial charge >= 0.3 is 0 Å². The van der Waals surface area contributed by atoms with Gasteiger partial charge in [-0.25, -0.2) is 0 Å². The van der Waals surface area contributed by atoms with E-state index in [1.165, 1.54) is 12.8 Å². The largest absolute Gasteiger partial charge is 0.380 e. The highest BCUT2D eigenvalue weighted by molar-refractivity contribution is 5.82. The van der Waals surface area contributed by atoms with Crippen molar-refractivity contribution in [2.45, 2.75) is 57.2 Å². The van der Waals surface area contributed by atoms with Gasteiger partial charge in [-0.2, -0.15) is 0 Å². The summed E-state index contributed by atoms with van der Waals surface area (Å²) in [6.45, 7) is 3.08. The molecule has 1 amide bonds. The Hall–Kier alpha value is -0.610. The van der Waals surface area contributed by atoms with Crippen LogP contribution < -0.4 is 10.6 Å². The van der Waals surface area contributed by atoms with Gasteiger partial charge in [0.15, 0.2) is 0 Å². The summed E-state index contributed by atoms with van der Waals surface area (Å²) in [5.41, 5.74) is 0. The molecule has 1 saturated heterocycles. The fourth-order valence-electron chi connectivity index (χ4n) is 2.79. The first-order valence-corrected chi connectivity index (χ1v) is 6.75. The van der Waals surface area contributed by atoms with Crippen LogP contribution in [-0.2, 0) is 9.53 Å². The number of amides is 1. The van der Waals surface area contributed by atoms with E-state index in [-0.39, 0.29) is 18.1 Å². The van der Waals surface area contributed by atoms with Gasteiger partial charge < -0.3 is 15.4 Å². The van der Waals surface area contributed by atoms with E-state index in [0.717, 1.165) is 31.7 Å². The number of hydrogen-bond acceptors (Lipinski definition) is 3. The predicted octanol–water partition coefficient (Wildman–Crippen LogP) is 1.06. The van der Waals surface area contributed by atoms with Crippen LogP contribution in [0.2, 0.25) is 0 Å². The van der Waals surface area contributed by atoms with Crippen molar-refractivity contribution >= 4 is 5.91 Å². The maximum absolute atomic E-state index is 12.0. The molecule has 1 heterocycles. The molecule has 2 fully saturated rings. The first-order chi connectivity index (χ1) is 8.19. The molecular formula is C13H24N2O2. The molecule has 0 bridgehead atoms. The average Bonchev–Trinajstić information content (AvgIpc) is 2.81. The topological polar surface area (TPSA) is 50.4 Å². The van der Waals surface area contributed by atoms with Crippen molar-refractivity contribution in [2.75, 3.05) is 13.7 Å². The van der Waals surface area contributed by atoms with Gasteiger partial charge in [0.1, 0.15) is 0 Å². The minimum absolute atomic E-state index is 0.0562. The zero-order valence-electron chi connectivity index (χ0n) is 10.9. The van der Waals surface area contributed by atoms with Crippen LogP contribution in [0, 0.1) is 5.92 Å². The molecule has 4 nitrogen and oxygen atoms in total. The maximum atomic E-state index is 12.0. The molecule has 2 atom stereocenters. The van der Waals surface area contributed by atoms with Gasteiger partial charge in [0.05, 0.1) is 12.1 Å². The lowest BCUT2D eigenvalue weighted by molar-refractivity contribution is -0.123. The van der Waals surface area contributed by atoms with Gasteiger partial charge in [-0.05, 0) is 38.0 Å².